The number of nitriles is 1. The molecule has 1 aliphatic rings. The zero-order chi connectivity index (χ0) is 7.56. The van der Waals surface area contributed by atoms with E-state index in [0.29, 0.717) is 13.0 Å². The summed E-state index contributed by atoms with van der Waals surface area (Å²) in [6, 6.07) is 1.81. The van der Waals surface area contributed by atoms with Crippen LogP contribution in [0.1, 0.15) is 6.42 Å². The van der Waals surface area contributed by atoms with Gasteiger partial charge in [0.05, 0.1) is 12.7 Å². The van der Waals surface area contributed by atoms with Gasteiger partial charge in [-0.2, -0.15) is 5.26 Å². The molecular formula is C6H11N3O. The van der Waals surface area contributed by atoms with Gasteiger partial charge in [0.15, 0.2) is 0 Å². The van der Waals surface area contributed by atoms with Gasteiger partial charge >= 0.3 is 0 Å². The van der Waals surface area contributed by atoms with E-state index >= 15 is 0 Å². The van der Waals surface area contributed by atoms with E-state index < -0.39 is 0 Å². The van der Waals surface area contributed by atoms with Gasteiger partial charge in [0.1, 0.15) is 6.10 Å². The first kappa shape index (κ1) is 7.48. The van der Waals surface area contributed by atoms with Crippen molar-refractivity contribution >= 4 is 0 Å². The topological polar surface area (TPSA) is 85.1 Å². The van der Waals surface area contributed by atoms with Crippen molar-refractivity contribution in [3.05, 3.63) is 0 Å². The van der Waals surface area contributed by atoms with Gasteiger partial charge in [-0.3, -0.25) is 0 Å². The van der Waals surface area contributed by atoms with E-state index in [9.17, 15) is 0 Å². The van der Waals surface area contributed by atoms with Crippen molar-refractivity contribution in [3.8, 4) is 6.07 Å². The summed E-state index contributed by atoms with van der Waals surface area (Å²) in [6.07, 6.45) is 0.201. The van der Waals surface area contributed by atoms with Gasteiger partial charge in [-0.1, -0.05) is 0 Å². The number of rotatable bonds is 0. The molecule has 1 fully saturated rings. The van der Waals surface area contributed by atoms with Crippen LogP contribution in [-0.2, 0) is 4.74 Å². The number of hydrogen-bond acceptors (Lipinski definition) is 4. The summed E-state index contributed by atoms with van der Waals surface area (Å²) in [6.45, 7) is 0.402. The van der Waals surface area contributed by atoms with E-state index in [2.05, 4.69) is 0 Å². The van der Waals surface area contributed by atoms with E-state index in [-0.39, 0.29) is 18.2 Å². The van der Waals surface area contributed by atoms with Crippen LogP contribution in [0.3, 0.4) is 0 Å². The van der Waals surface area contributed by atoms with Crippen molar-refractivity contribution in [2.75, 3.05) is 6.61 Å². The van der Waals surface area contributed by atoms with Crippen molar-refractivity contribution < 1.29 is 4.74 Å². The molecule has 0 aromatic carbocycles. The summed E-state index contributed by atoms with van der Waals surface area (Å²) < 4.78 is 5.04. The fourth-order valence-electron chi connectivity index (χ4n) is 0.931. The second-order valence-corrected chi connectivity index (χ2v) is 2.51. The quantitative estimate of drug-likeness (QED) is 0.451. The molecule has 0 aromatic heterocycles. The summed E-state index contributed by atoms with van der Waals surface area (Å²) in [5.74, 6) is 0. The first-order valence-electron chi connectivity index (χ1n) is 3.26. The van der Waals surface area contributed by atoms with E-state index in [0.717, 1.165) is 0 Å². The van der Waals surface area contributed by atoms with Crippen LogP contribution in [-0.4, -0.2) is 24.8 Å². The van der Waals surface area contributed by atoms with Crippen molar-refractivity contribution in [2.24, 2.45) is 11.5 Å². The molecule has 0 spiro atoms. The minimum atomic E-state index is -0.352. The first-order valence-corrected chi connectivity index (χ1v) is 3.26. The van der Waals surface area contributed by atoms with Gasteiger partial charge in [-0.05, 0) is 0 Å². The van der Waals surface area contributed by atoms with E-state index in [4.69, 9.17) is 21.5 Å². The van der Waals surface area contributed by atoms with Crippen molar-refractivity contribution in [3.63, 3.8) is 0 Å². The molecule has 1 aliphatic heterocycles. The lowest BCUT2D eigenvalue weighted by Gasteiger charge is -2.28. The lowest BCUT2D eigenvalue weighted by molar-refractivity contribution is 0.0291. The summed E-state index contributed by atoms with van der Waals surface area (Å²) in [7, 11) is 0. The second-order valence-electron chi connectivity index (χ2n) is 2.51. The molecule has 0 unspecified atom stereocenters. The molecule has 0 aromatic rings. The molecule has 0 radical (unpaired) electrons. The van der Waals surface area contributed by atoms with Crippen LogP contribution in [0.5, 0.6) is 0 Å². The van der Waals surface area contributed by atoms with Gasteiger partial charge in [-0.25, -0.2) is 0 Å². The Kier molecular flexibility index (Phi) is 2.22. The number of ether oxygens (including phenoxy) is 1. The first-order chi connectivity index (χ1) is 4.74. The van der Waals surface area contributed by atoms with Crippen molar-refractivity contribution in [2.45, 2.75) is 24.6 Å². The average Bonchev–Trinajstić information content (AvgIpc) is 1.95. The predicted octanol–water partition coefficient (Wildman–Crippen LogP) is -1.05. The highest BCUT2D eigenvalue weighted by atomic mass is 16.5. The molecule has 10 heavy (non-hydrogen) atoms. The smallest absolute Gasteiger partial charge is 0.145 e. The SMILES string of the molecule is N#C[C@H]1C[C@@H](N)[C@@H](N)CO1. The molecule has 0 saturated carbocycles. The highest BCUT2D eigenvalue weighted by molar-refractivity contribution is 4.94. The Morgan fingerprint density at radius 1 is 1.40 bits per heavy atom. The number of nitrogens with zero attached hydrogens (tertiary/aromatic N) is 1. The van der Waals surface area contributed by atoms with Gasteiger partial charge in [0.2, 0.25) is 0 Å². The molecule has 0 amide bonds. The average molecular weight is 141 g/mol. The zero-order valence-electron chi connectivity index (χ0n) is 5.66. The third kappa shape index (κ3) is 1.45. The fraction of sp³-hybridized carbons (Fsp3) is 0.833. The summed E-state index contributed by atoms with van der Waals surface area (Å²) in [5.41, 5.74) is 11.1. The summed E-state index contributed by atoms with van der Waals surface area (Å²) in [5, 5.41) is 8.42. The number of nitrogens with two attached hydrogens (primary N) is 2. The lowest BCUT2D eigenvalue weighted by atomic mass is 10.0. The van der Waals surface area contributed by atoms with Crippen LogP contribution in [0.4, 0.5) is 0 Å². The minimum absolute atomic E-state index is 0.0848. The Hall–Kier alpha value is -0.630. The Bertz CT molecular complexity index is 154. The predicted molar refractivity (Wildman–Crippen MR) is 35.9 cm³/mol. The van der Waals surface area contributed by atoms with Gasteiger partial charge in [-0.15, -0.1) is 0 Å². The molecular weight excluding hydrogens is 130 g/mol. The minimum Gasteiger partial charge on any atom is -0.362 e. The molecule has 1 rings (SSSR count). The largest absolute Gasteiger partial charge is 0.362 e. The van der Waals surface area contributed by atoms with Crippen LogP contribution in [0.2, 0.25) is 0 Å². The zero-order valence-corrected chi connectivity index (χ0v) is 5.66. The van der Waals surface area contributed by atoms with Gasteiger partial charge in [0, 0.05) is 18.5 Å². The molecule has 0 bridgehead atoms. The van der Waals surface area contributed by atoms with Crippen molar-refractivity contribution in [1.82, 2.24) is 0 Å². The number of hydrogen-bond donors (Lipinski definition) is 2. The van der Waals surface area contributed by atoms with Crippen LogP contribution in [0, 0.1) is 11.3 Å². The molecule has 3 atom stereocenters. The lowest BCUT2D eigenvalue weighted by Crippen LogP contribution is -2.51. The third-order valence-electron chi connectivity index (χ3n) is 1.67. The summed E-state index contributed by atoms with van der Waals surface area (Å²) in [4.78, 5) is 0. The second kappa shape index (κ2) is 2.97. The molecule has 0 aliphatic carbocycles. The highest BCUT2D eigenvalue weighted by Gasteiger charge is 2.25. The Morgan fingerprint density at radius 2 is 2.10 bits per heavy atom. The Morgan fingerprint density at radius 3 is 2.60 bits per heavy atom. The van der Waals surface area contributed by atoms with Gasteiger partial charge in [0.25, 0.3) is 0 Å². The van der Waals surface area contributed by atoms with E-state index in [1.807, 2.05) is 6.07 Å². The molecule has 4 N–H and O–H groups in total. The van der Waals surface area contributed by atoms with Crippen molar-refractivity contribution in [1.29, 1.82) is 5.26 Å². The Labute approximate surface area is 59.7 Å². The van der Waals surface area contributed by atoms with E-state index in [1.54, 1.807) is 0 Å². The normalized spacial score (nSPS) is 40.7. The van der Waals surface area contributed by atoms with E-state index in [1.165, 1.54) is 0 Å². The maximum Gasteiger partial charge on any atom is 0.145 e. The van der Waals surface area contributed by atoms with Crippen LogP contribution in [0.25, 0.3) is 0 Å². The molecule has 4 nitrogen and oxygen atoms in total. The fourth-order valence-corrected chi connectivity index (χ4v) is 0.931. The summed E-state index contributed by atoms with van der Waals surface area (Å²) >= 11 is 0. The van der Waals surface area contributed by atoms with Crippen LogP contribution < -0.4 is 11.5 Å². The maximum atomic E-state index is 8.42. The third-order valence-corrected chi connectivity index (χ3v) is 1.67. The van der Waals surface area contributed by atoms with Gasteiger partial charge < -0.3 is 16.2 Å². The Balaban J connectivity index is 2.42. The molecule has 4 heteroatoms. The molecule has 1 saturated heterocycles. The molecule has 1 heterocycles. The highest BCUT2D eigenvalue weighted by Crippen LogP contribution is 2.09. The molecule has 56 valence electrons. The van der Waals surface area contributed by atoms with Crippen LogP contribution >= 0.6 is 0 Å². The standard InChI is InChI=1S/C6H11N3O/c7-2-4-1-5(8)6(9)3-10-4/h4-6H,1,3,8-9H2/t4-,5-,6+/m1/s1. The monoisotopic (exact) mass is 141 g/mol. The maximum absolute atomic E-state index is 8.42. The van der Waals surface area contributed by atoms with Crippen LogP contribution in [0.15, 0.2) is 0 Å².